The molecule has 0 fully saturated rings. The Hall–Kier alpha value is -2.45. The van der Waals surface area contributed by atoms with E-state index >= 15 is 0 Å². The van der Waals surface area contributed by atoms with Gasteiger partial charge >= 0.3 is 0 Å². The van der Waals surface area contributed by atoms with Crippen molar-refractivity contribution in [3.05, 3.63) is 64.2 Å². The van der Waals surface area contributed by atoms with Crippen molar-refractivity contribution < 1.29 is 13.5 Å². The number of hydrogen-bond acceptors (Lipinski definition) is 3. The predicted molar refractivity (Wildman–Crippen MR) is 86.9 cm³/mol. The van der Waals surface area contributed by atoms with Gasteiger partial charge in [0.25, 0.3) is 0 Å². The third kappa shape index (κ3) is 2.98. The van der Waals surface area contributed by atoms with Gasteiger partial charge < -0.3 is 9.64 Å². The molecule has 5 heteroatoms. The van der Waals surface area contributed by atoms with Crippen LogP contribution in [0.5, 0.6) is 5.75 Å². The van der Waals surface area contributed by atoms with Gasteiger partial charge in [-0.25, -0.2) is 8.78 Å². The molecule has 0 saturated carbocycles. The molecule has 0 aromatic heterocycles. The molecule has 1 aliphatic heterocycles. The Labute approximate surface area is 140 Å². The first-order valence-corrected chi connectivity index (χ1v) is 7.78. The summed E-state index contributed by atoms with van der Waals surface area (Å²) < 4.78 is 33.4. The minimum atomic E-state index is -0.805. The summed E-state index contributed by atoms with van der Waals surface area (Å²) in [4.78, 5) is 2.18. The van der Waals surface area contributed by atoms with E-state index in [1.807, 2.05) is 25.2 Å². The minimum Gasteiger partial charge on any atom is -0.497 e. The van der Waals surface area contributed by atoms with Gasteiger partial charge in [0.1, 0.15) is 29.0 Å². The topological polar surface area (TPSA) is 36.3 Å². The maximum absolute atomic E-state index is 14.0. The van der Waals surface area contributed by atoms with Crippen LogP contribution in [-0.4, -0.2) is 25.6 Å². The smallest absolute Gasteiger partial charge is 0.144 e. The fraction of sp³-hybridized carbons (Fsp3) is 0.316. The van der Waals surface area contributed by atoms with Crippen molar-refractivity contribution in [2.45, 2.75) is 18.9 Å². The van der Waals surface area contributed by atoms with Crippen LogP contribution < -0.4 is 4.74 Å². The van der Waals surface area contributed by atoms with Crippen molar-refractivity contribution in [1.29, 1.82) is 5.26 Å². The summed E-state index contributed by atoms with van der Waals surface area (Å²) in [6.07, 6.45) is 0.751. The first-order chi connectivity index (χ1) is 11.5. The van der Waals surface area contributed by atoms with Gasteiger partial charge in [0.2, 0.25) is 0 Å². The van der Waals surface area contributed by atoms with Crippen LogP contribution in [0.3, 0.4) is 0 Å². The van der Waals surface area contributed by atoms with Crippen molar-refractivity contribution in [3.8, 4) is 11.8 Å². The van der Waals surface area contributed by atoms with Crippen molar-refractivity contribution in [2.24, 2.45) is 0 Å². The minimum absolute atomic E-state index is 0.118. The van der Waals surface area contributed by atoms with E-state index in [-0.39, 0.29) is 5.92 Å². The van der Waals surface area contributed by atoms with Crippen LogP contribution in [0.1, 0.15) is 34.6 Å². The number of halogens is 2. The quantitative estimate of drug-likeness (QED) is 0.841. The number of nitriles is 1. The summed E-state index contributed by atoms with van der Waals surface area (Å²) >= 11 is 0. The van der Waals surface area contributed by atoms with E-state index in [1.165, 1.54) is 12.1 Å². The highest BCUT2D eigenvalue weighted by Gasteiger charge is 2.25. The van der Waals surface area contributed by atoms with Gasteiger partial charge in [-0.1, -0.05) is 6.07 Å². The second-order valence-corrected chi connectivity index (χ2v) is 6.12. The molecule has 0 radical (unpaired) electrons. The van der Waals surface area contributed by atoms with Crippen molar-refractivity contribution in [3.63, 3.8) is 0 Å². The van der Waals surface area contributed by atoms with E-state index in [0.717, 1.165) is 36.4 Å². The lowest BCUT2D eigenvalue weighted by Gasteiger charge is -2.19. The van der Waals surface area contributed by atoms with Crippen LogP contribution in [0.15, 0.2) is 30.3 Å². The van der Waals surface area contributed by atoms with Crippen molar-refractivity contribution in [1.82, 2.24) is 4.90 Å². The van der Waals surface area contributed by atoms with Gasteiger partial charge in [-0.05, 0) is 61.0 Å². The average molecular weight is 328 g/mol. The first kappa shape index (κ1) is 16.4. The fourth-order valence-corrected chi connectivity index (χ4v) is 3.31. The molecule has 0 saturated heterocycles. The van der Waals surface area contributed by atoms with Gasteiger partial charge in [0.05, 0.1) is 7.11 Å². The van der Waals surface area contributed by atoms with Crippen molar-refractivity contribution >= 4 is 0 Å². The molecule has 124 valence electrons. The second-order valence-electron chi connectivity index (χ2n) is 6.12. The molecule has 0 spiro atoms. The maximum atomic E-state index is 14.0. The molecule has 24 heavy (non-hydrogen) atoms. The summed E-state index contributed by atoms with van der Waals surface area (Å²) in [5.41, 5.74) is 2.17. The number of hydrogen-bond donors (Lipinski definition) is 0. The molecule has 0 N–H and O–H groups in total. The van der Waals surface area contributed by atoms with Crippen LogP contribution in [0.25, 0.3) is 0 Å². The highest BCUT2D eigenvalue weighted by molar-refractivity contribution is 5.45. The number of ether oxygens (including phenoxy) is 1. The van der Waals surface area contributed by atoms with E-state index in [9.17, 15) is 8.78 Å². The standard InChI is InChI=1S/C19H18F2N2O/c1-23-6-5-16(12-8-18(20)17(10-22)19(21)9-12)15-4-3-14(24-2)7-13(15)11-23/h3-4,7-9,16H,5-6,11H2,1-2H3. The fourth-order valence-electron chi connectivity index (χ4n) is 3.31. The number of methoxy groups -OCH3 is 1. The van der Waals surface area contributed by atoms with Gasteiger partial charge in [-0.3, -0.25) is 0 Å². The zero-order valence-electron chi connectivity index (χ0n) is 13.6. The van der Waals surface area contributed by atoms with Crippen LogP contribution in [0.2, 0.25) is 0 Å². The first-order valence-electron chi connectivity index (χ1n) is 7.78. The maximum Gasteiger partial charge on any atom is 0.144 e. The van der Waals surface area contributed by atoms with E-state index in [4.69, 9.17) is 10.00 Å². The average Bonchev–Trinajstić information content (AvgIpc) is 2.71. The molecule has 1 unspecified atom stereocenters. The molecule has 0 aliphatic carbocycles. The van der Waals surface area contributed by atoms with Crippen LogP contribution in [-0.2, 0) is 6.54 Å². The Kier molecular flexibility index (Phi) is 4.50. The number of benzene rings is 2. The lowest BCUT2D eigenvalue weighted by Crippen LogP contribution is -2.17. The highest BCUT2D eigenvalue weighted by atomic mass is 19.1. The summed E-state index contributed by atoms with van der Waals surface area (Å²) in [5, 5.41) is 8.85. The molecular weight excluding hydrogens is 310 g/mol. The number of rotatable bonds is 2. The van der Waals surface area contributed by atoms with Crippen LogP contribution >= 0.6 is 0 Å². The summed E-state index contributed by atoms with van der Waals surface area (Å²) in [6, 6.07) is 9.94. The zero-order chi connectivity index (χ0) is 17.3. The molecule has 3 nitrogen and oxygen atoms in total. The molecule has 1 heterocycles. The molecule has 0 bridgehead atoms. The van der Waals surface area contributed by atoms with E-state index < -0.39 is 17.2 Å². The van der Waals surface area contributed by atoms with Gasteiger partial charge in [0, 0.05) is 12.5 Å². The molecular formula is C19H18F2N2O. The number of nitrogens with zero attached hydrogens (tertiary/aromatic N) is 2. The van der Waals surface area contributed by atoms with Gasteiger partial charge in [0.15, 0.2) is 0 Å². The zero-order valence-corrected chi connectivity index (χ0v) is 13.6. The Morgan fingerprint density at radius 1 is 1.21 bits per heavy atom. The molecule has 0 amide bonds. The number of fused-ring (bicyclic) bond motifs is 1. The Bertz CT molecular complexity index is 790. The van der Waals surface area contributed by atoms with Crippen LogP contribution in [0, 0.1) is 23.0 Å². The molecule has 1 atom stereocenters. The highest BCUT2D eigenvalue weighted by Crippen LogP contribution is 2.36. The lowest BCUT2D eigenvalue weighted by atomic mass is 9.86. The second kappa shape index (κ2) is 6.58. The third-order valence-electron chi connectivity index (χ3n) is 4.54. The molecule has 1 aliphatic rings. The summed E-state index contributed by atoms with van der Waals surface area (Å²) in [7, 11) is 3.64. The molecule has 3 rings (SSSR count). The SMILES string of the molecule is COc1ccc2c(c1)CN(C)CCC2c1cc(F)c(C#N)c(F)c1. The summed E-state index contributed by atoms with van der Waals surface area (Å²) in [6.45, 7) is 1.56. The molecule has 2 aromatic carbocycles. The Morgan fingerprint density at radius 2 is 1.92 bits per heavy atom. The summed E-state index contributed by atoms with van der Waals surface area (Å²) in [5.74, 6) is -0.965. The van der Waals surface area contributed by atoms with Gasteiger partial charge in [-0.2, -0.15) is 5.26 Å². The monoisotopic (exact) mass is 328 g/mol. The van der Waals surface area contributed by atoms with Gasteiger partial charge in [-0.15, -0.1) is 0 Å². The lowest BCUT2D eigenvalue weighted by molar-refractivity contribution is 0.327. The third-order valence-corrected chi connectivity index (χ3v) is 4.54. The molecule has 2 aromatic rings. The Morgan fingerprint density at radius 3 is 2.54 bits per heavy atom. The Balaban J connectivity index is 2.11. The largest absolute Gasteiger partial charge is 0.497 e. The van der Waals surface area contributed by atoms with Crippen LogP contribution in [0.4, 0.5) is 8.78 Å². The van der Waals surface area contributed by atoms with E-state index in [1.54, 1.807) is 13.2 Å². The predicted octanol–water partition coefficient (Wildman–Crippen LogP) is 3.81. The van der Waals surface area contributed by atoms with E-state index in [2.05, 4.69) is 4.90 Å². The normalized spacial score (nSPS) is 17.7. The van der Waals surface area contributed by atoms with E-state index in [0.29, 0.717) is 5.56 Å². The van der Waals surface area contributed by atoms with Crippen molar-refractivity contribution in [2.75, 3.05) is 20.7 Å².